The molecule has 0 fully saturated rings. The van der Waals surface area contributed by atoms with Gasteiger partial charge in [0.15, 0.2) is 11.6 Å². The maximum atomic E-state index is 14.3. The highest BCUT2D eigenvalue weighted by molar-refractivity contribution is 5.74. The smallest absolute Gasteiger partial charge is 0.481 e. The SMILES string of the molecule is O=C(O)Cc1nc(F)c(F)c(-c2ccccc2OC(F)(F)F)c1F. The number of halogens is 6. The van der Waals surface area contributed by atoms with Gasteiger partial charge in [0.05, 0.1) is 17.7 Å². The van der Waals surface area contributed by atoms with Gasteiger partial charge < -0.3 is 9.84 Å². The molecule has 2 rings (SSSR count). The number of para-hydroxylation sites is 1. The van der Waals surface area contributed by atoms with Crippen molar-refractivity contribution < 1.29 is 41.0 Å². The van der Waals surface area contributed by atoms with Crippen molar-refractivity contribution in [3.63, 3.8) is 0 Å². The molecular weight excluding hydrogens is 344 g/mol. The molecule has 0 spiro atoms. The molecule has 0 aliphatic heterocycles. The van der Waals surface area contributed by atoms with Crippen LogP contribution in [0.2, 0.25) is 0 Å². The predicted octanol–water partition coefficient (Wildman–Crippen LogP) is 3.69. The van der Waals surface area contributed by atoms with Crippen molar-refractivity contribution in [1.29, 1.82) is 0 Å². The maximum Gasteiger partial charge on any atom is 0.573 e. The van der Waals surface area contributed by atoms with Crippen molar-refractivity contribution >= 4 is 5.97 Å². The summed E-state index contributed by atoms with van der Waals surface area (Å²) < 4.78 is 82.6. The molecule has 0 amide bonds. The zero-order chi connectivity index (χ0) is 18.1. The van der Waals surface area contributed by atoms with E-state index in [0.717, 1.165) is 24.3 Å². The van der Waals surface area contributed by atoms with Crippen LogP contribution in [-0.2, 0) is 11.2 Å². The van der Waals surface area contributed by atoms with Gasteiger partial charge in [0.2, 0.25) is 5.95 Å². The first-order valence-corrected chi connectivity index (χ1v) is 6.20. The Balaban J connectivity index is 2.69. The van der Waals surface area contributed by atoms with Crippen LogP contribution in [0.1, 0.15) is 5.69 Å². The number of hydrogen-bond acceptors (Lipinski definition) is 3. The Morgan fingerprint density at radius 2 is 1.75 bits per heavy atom. The fraction of sp³-hybridized carbons (Fsp3) is 0.143. The number of ether oxygens (including phenoxy) is 1. The minimum Gasteiger partial charge on any atom is -0.481 e. The molecule has 4 nitrogen and oxygen atoms in total. The Labute approximate surface area is 130 Å². The molecule has 10 heteroatoms. The molecule has 0 unspecified atom stereocenters. The molecule has 0 aliphatic rings. The Morgan fingerprint density at radius 1 is 1.12 bits per heavy atom. The van der Waals surface area contributed by atoms with E-state index in [0.29, 0.717) is 0 Å². The van der Waals surface area contributed by atoms with E-state index in [1.54, 1.807) is 0 Å². The zero-order valence-electron chi connectivity index (χ0n) is 11.5. The van der Waals surface area contributed by atoms with Gasteiger partial charge in [0.25, 0.3) is 0 Å². The van der Waals surface area contributed by atoms with Gasteiger partial charge in [-0.1, -0.05) is 18.2 Å². The summed E-state index contributed by atoms with van der Waals surface area (Å²) >= 11 is 0. The minimum absolute atomic E-state index is 0.738. The molecule has 2 aromatic rings. The van der Waals surface area contributed by atoms with Crippen LogP contribution < -0.4 is 4.74 Å². The molecule has 1 heterocycles. The van der Waals surface area contributed by atoms with E-state index in [4.69, 9.17) is 5.11 Å². The number of rotatable bonds is 4. The lowest BCUT2D eigenvalue weighted by Crippen LogP contribution is -2.18. The van der Waals surface area contributed by atoms with E-state index < -0.39 is 58.9 Å². The van der Waals surface area contributed by atoms with Crippen LogP contribution in [-0.4, -0.2) is 22.4 Å². The lowest BCUT2D eigenvalue weighted by atomic mass is 10.0. The molecule has 1 N–H and O–H groups in total. The van der Waals surface area contributed by atoms with Crippen LogP contribution >= 0.6 is 0 Å². The first-order chi connectivity index (χ1) is 11.1. The summed E-state index contributed by atoms with van der Waals surface area (Å²) in [6.45, 7) is 0. The van der Waals surface area contributed by atoms with Gasteiger partial charge in [-0.15, -0.1) is 13.2 Å². The third kappa shape index (κ3) is 3.76. The Hall–Kier alpha value is -2.78. The second-order valence-corrected chi connectivity index (χ2v) is 4.47. The Bertz CT molecular complexity index is 791. The third-order valence-electron chi connectivity index (χ3n) is 2.81. The molecule has 1 aromatic heterocycles. The first kappa shape index (κ1) is 17.6. The summed E-state index contributed by atoms with van der Waals surface area (Å²) in [5, 5.41) is 8.62. The van der Waals surface area contributed by atoms with Crippen molar-refractivity contribution in [3.8, 4) is 16.9 Å². The fourth-order valence-corrected chi connectivity index (χ4v) is 1.94. The minimum atomic E-state index is -5.15. The summed E-state index contributed by atoms with van der Waals surface area (Å²) in [4.78, 5) is 13.5. The van der Waals surface area contributed by atoms with Crippen LogP contribution in [0.15, 0.2) is 24.3 Å². The number of nitrogens with zero attached hydrogens (tertiary/aromatic N) is 1. The molecule has 0 saturated carbocycles. The van der Waals surface area contributed by atoms with E-state index in [1.807, 2.05) is 0 Å². The Morgan fingerprint density at radius 3 is 2.33 bits per heavy atom. The topological polar surface area (TPSA) is 59.4 Å². The Kier molecular flexibility index (Phi) is 4.67. The van der Waals surface area contributed by atoms with Crippen molar-refractivity contribution in [1.82, 2.24) is 4.98 Å². The van der Waals surface area contributed by atoms with Crippen molar-refractivity contribution in [3.05, 3.63) is 47.5 Å². The number of carboxylic acids is 1. The molecule has 0 aliphatic carbocycles. The molecule has 0 saturated heterocycles. The predicted molar refractivity (Wildman–Crippen MR) is 67.6 cm³/mol. The van der Waals surface area contributed by atoms with Gasteiger partial charge in [-0.3, -0.25) is 4.79 Å². The molecule has 24 heavy (non-hydrogen) atoms. The van der Waals surface area contributed by atoms with Crippen molar-refractivity contribution in [2.75, 3.05) is 0 Å². The van der Waals surface area contributed by atoms with Crippen LogP contribution in [0.25, 0.3) is 11.1 Å². The number of alkyl halides is 3. The number of carboxylic acid groups (broad SMARTS) is 1. The summed E-state index contributed by atoms with van der Waals surface area (Å²) in [5.41, 5.74) is -2.89. The number of aliphatic carboxylic acids is 1. The highest BCUT2D eigenvalue weighted by Crippen LogP contribution is 2.37. The van der Waals surface area contributed by atoms with Crippen molar-refractivity contribution in [2.45, 2.75) is 12.8 Å². The number of carbonyl (C=O) groups is 1. The highest BCUT2D eigenvalue weighted by Gasteiger charge is 2.33. The lowest BCUT2D eigenvalue weighted by molar-refractivity contribution is -0.274. The van der Waals surface area contributed by atoms with Gasteiger partial charge in [-0.2, -0.15) is 4.39 Å². The van der Waals surface area contributed by atoms with E-state index in [-0.39, 0.29) is 0 Å². The molecule has 0 radical (unpaired) electrons. The van der Waals surface area contributed by atoms with Crippen LogP contribution in [0.4, 0.5) is 26.3 Å². The summed E-state index contributed by atoms with van der Waals surface area (Å²) in [7, 11) is 0. The van der Waals surface area contributed by atoms with Crippen LogP contribution in [0.3, 0.4) is 0 Å². The number of benzene rings is 1. The molecule has 1 aromatic carbocycles. The van der Waals surface area contributed by atoms with Crippen molar-refractivity contribution in [2.24, 2.45) is 0 Å². The average molecular weight is 351 g/mol. The van der Waals surface area contributed by atoms with Gasteiger partial charge in [-0.05, 0) is 6.07 Å². The van der Waals surface area contributed by atoms with Gasteiger partial charge in [0.1, 0.15) is 5.75 Å². The lowest BCUT2D eigenvalue weighted by Gasteiger charge is -2.15. The maximum absolute atomic E-state index is 14.3. The normalized spacial score (nSPS) is 11.4. The number of hydrogen-bond donors (Lipinski definition) is 1. The number of pyridine rings is 1. The molecule has 0 atom stereocenters. The highest BCUT2D eigenvalue weighted by atomic mass is 19.4. The van der Waals surface area contributed by atoms with E-state index in [9.17, 15) is 31.1 Å². The monoisotopic (exact) mass is 351 g/mol. The second kappa shape index (κ2) is 6.38. The van der Waals surface area contributed by atoms with Gasteiger partial charge >= 0.3 is 12.3 Å². The largest absolute Gasteiger partial charge is 0.573 e. The molecular formula is C14H7F6NO3. The van der Waals surface area contributed by atoms with E-state index >= 15 is 0 Å². The van der Waals surface area contributed by atoms with Crippen LogP contribution in [0, 0.1) is 17.6 Å². The standard InChI is InChI=1S/C14H7F6NO3/c15-11-7(5-9(22)23)21-13(17)12(16)10(11)6-3-1-2-4-8(6)24-14(18,19)20/h1-4H,5H2,(H,22,23). The summed E-state index contributed by atoms with van der Waals surface area (Å²) in [6.07, 6.45) is -6.24. The average Bonchev–Trinajstić information content (AvgIpc) is 2.44. The quantitative estimate of drug-likeness (QED) is 0.674. The van der Waals surface area contributed by atoms with E-state index in [1.165, 1.54) is 0 Å². The fourth-order valence-electron chi connectivity index (χ4n) is 1.94. The second-order valence-electron chi connectivity index (χ2n) is 4.47. The molecule has 128 valence electrons. The van der Waals surface area contributed by atoms with Crippen LogP contribution in [0.5, 0.6) is 5.75 Å². The van der Waals surface area contributed by atoms with Gasteiger partial charge in [-0.25, -0.2) is 13.8 Å². The first-order valence-electron chi connectivity index (χ1n) is 6.20. The third-order valence-corrected chi connectivity index (χ3v) is 2.81. The zero-order valence-corrected chi connectivity index (χ0v) is 11.5. The van der Waals surface area contributed by atoms with E-state index in [2.05, 4.69) is 9.72 Å². The molecule has 0 bridgehead atoms. The van der Waals surface area contributed by atoms with Gasteiger partial charge in [0, 0.05) is 5.56 Å². The number of aromatic nitrogens is 1. The summed E-state index contributed by atoms with van der Waals surface area (Å²) in [5.74, 6) is -7.85. The summed E-state index contributed by atoms with van der Waals surface area (Å²) in [6, 6.07) is 3.90.